The summed E-state index contributed by atoms with van der Waals surface area (Å²) in [6.07, 6.45) is 3.22. The number of likely N-dealkylation sites (tertiary alicyclic amines) is 1. The van der Waals surface area contributed by atoms with E-state index in [9.17, 15) is 4.79 Å². The number of hydrogen-bond acceptors (Lipinski definition) is 4. The molecule has 5 heteroatoms. The smallest absolute Gasteiger partial charge is 0.307 e. The summed E-state index contributed by atoms with van der Waals surface area (Å²) in [5, 5.41) is 18.0. The van der Waals surface area contributed by atoms with Gasteiger partial charge in [0.2, 0.25) is 0 Å². The fourth-order valence-electron chi connectivity index (χ4n) is 2.31. The van der Waals surface area contributed by atoms with Crippen LogP contribution >= 0.6 is 0 Å². The number of aliphatic carboxylic acids is 1. The molecular weight excluding hydrogens is 230 g/mol. The Bertz CT molecular complexity index is 481. The van der Waals surface area contributed by atoms with E-state index in [1.165, 1.54) is 0 Å². The molecule has 1 aliphatic heterocycles. The predicted molar refractivity (Wildman–Crippen MR) is 64.6 cm³/mol. The summed E-state index contributed by atoms with van der Waals surface area (Å²) in [5.41, 5.74) is 1.29. The van der Waals surface area contributed by atoms with Crippen LogP contribution in [0.5, 0.6) is 0 Å². The maximum Gasteiger partial charge on any atom is 0.307 e. The molecule has 2 rings (SSSR count). The van der Waals surface area contributed by atoms with E-state index in [4.69, 9.17) is 10.4 Å². The number of carboxylic acid groups (broad SMARTS) is 1. The lowest BCUT2D eigenvalue weighted by Crippen LogP contribution is -2.38. The first-order chi connectivity index (χ1) is 8.70. The molecule has 1 unspecified atom stereocenters. The molecule has 0 aliphatic carbocycles. The van der Waals surface area contributed by atoms with Gasteiger partial charge in [-0.05, 0) is 25.5 Å². The Balaban J connectivity index is 2.05. The zero-order valence-electron chi connectivity index (χ0n) is 10.0. The molecule has 0 saturated carbocycles. The molecule has 0 spiro atoms. The molecule has 1 aliphatic rings. The highest BCUT2D eigenvalue weighted by Crippen LogP contribution is 2.19. The van der Waals surface area contributed by atoms with E-state index < -0.39 is 5.97 Å². The van der Waals surface area contributed by atoms with Crippen LogP contribution in [-0.2, 0) is 11.3 Å². The third-order valence-electron chi connectivity index (χ3n) is 3.25. The van der Waals surface area contributed by atoms with Crippen LogP contribution in [0.2, 0.25) is 0 Å². The Hall–Kier alpha value is -1.93. The van der Waals surface area contributed by atoms with Crippen molar-refractivity contribution >= 4 is 5.97 Å². The van der Waals surface area contributed by atoms with Crippen LogP contribution in [0.1, 0.15) is 24.1 Å². The first-order valence-electron chi connectivity index (χ1n) is 6.00. The van der Waals surface area contributed by atoms with Crippen molar-refractivity contribution in [3.63, 3.8) is 0 Å². The van der Waals surface area contributed by atoms with E-state index in [2.05, 4.69) is 16.0 Å². The van der Waals surface area contributed by atoms with Gasteiger partial charge in [-0.2, -0.15) is 5.26 Å². The molecule has 1 aromatic rings. The number of aromatic nitrogens is 1. The first-order valence-corrected chi connectivity index (χ1v) is 6.00. The lowest BCUT2D eigenvalue weighted by molar-refractivity contribution is -0.143. The fourth-order valence-corrected chi connectivity index (χ4v) is 2.31. The third-order valence-corrected chi connectivity index (χ3v) is 3.25. The van der Waals surface area contributed by atoms with E-state index in [-0.39, 0.29) is 5.92 Å². The summed E-state index contributed by atoms with van der Waals surface area (Å²) in [7, 11) is 0. The highest BCUT2D eigenvalue weighted by atomic mass is 16.4. The van der Waals surface area contributed by atoms with Crippen molar-refractivity contribution < 1.29 is 9.90 Å². The van der Waals surface area contributed by atoms with Crippen molar-refractivity contribution in [2.75, 3.05) is 13.1 Å². The van der Waals surface area contributed by atoms with E-state index in [1.807, 2.05) is 6.07 Å². The van der Waals surface area contributed by atoms with E-state index in [0.29, 0.717) is 18.8 Å². The second kappa shape index (κ2) is 5.61. The molecule has 2 heterocycles. The van der Waals surface area contributed by atoms with Gasteiger partial charge in [0.05, 0.1) is 5.92 Å². The fraction of sp³-hybridized carbons (Fsp3) is 0.462. The Morgan fingerprint density at radius 1 is 1.67 bits per heavy atom. The van der Waals surface area contributed by atoms with Gasteiger partial charge in [-0.3, -0.25) is 9.69 Å². The second-order valence-corrected chi connectivity index (χ2v) is 4.54. The number of carboxylic acids is 1. The van der Waals surface area contributed by atoms with Crippen molar-refractivity contribution in [3.05, 3.63) is 29.6 Å². The monoisotopic (exact) mass is 245 g/mol. The van der Waals surface area contributed by atoms with Crippen LogP contribution in [-0.4, -0.2) is 34.0 Å². The normalized spacial score (nSPS) is 20.3. The number of pyridine rings is 1. The van der Waals surface area contributed by atoms with E-state index >= 15 is 0 Å². The van der Waals surface area contributed by atoms with Gasteiger partial charge < -0.3 is 5.11 Å². The first kappa shape index (κ1) is 12.5. The van der Waals surface area contributed by atoms with E-state index in [1.54, 1.807) is 12.3 Å². The number of nitriles is 1. The Morgan fingerprint density at radius 3 is 3.22 bits per heavy atom. The molecule has 1 N–H and O–H groups in total. The predicted octanol–water partition coefficient (Wildman–Crippen LogP) is 1.25. The van der Waals surface area contributed by atoms with Crippen LogP contribution in [0.25, 0.3) is 0 Å². The Labute approximate surface area is 106 Å². The molecule has 0 aromatic carbocycles. The summed E-state index contributed by atoms with van der Waals surface area (Å²) < 4.78 is 0. The van der Waals surface area contributed by atoms with Crippen molar-refractivity contribution in [2.45, 2.75) is 19.4 Å². The molecule has 1 atom stereocenters. The topological polar surface area (TPSA) is 77.2 Å². The maximum absolute atomic E-state index is 11.0. The summed E-state index contributed by atoms with van der Waals surface area (Å²) >= 11 is 0. The van der Waals surface area contributed by atoms with Crippen LogP contribution < -0.4 is 0 Å². The molecular formula is C13H15N3O2. The standard InChI is InChI=1S/C13H15N3O2/c14-7-12-10(3-1-5-15-12)8-16-6-2-4-11(9-16)13(17)18/h1,3,5,11H,2,4,6,8-9H2,(H,17,18). The van der Waals surface area contributed by atoms with Crippen LogP contribution in [0.15, 0.2) is 18.3 Å². The van der Waals surface area contributed by atoms with Gasteiger partial charge in [0, 0.05) is 24.8 Å². The van der Waals surface area contributed by atoms with Crippen molar-refractivity contribution in [3.8, 4) is 6.07 Å². The van der Waals surface area contributed by atoms with Gasteiger partial charge in [-0.1, -0.05) is 6.07 Å². The minimum absolute atomic E-state index is 0.291. The number of nitrogens with zero attached hydrogens (tertiary/aromatic N) is 3. The summed E-state index contributed by atoms with van der Waals surface area (Å²) in [5.74, 6) is -1.02. The zero-order chi connectivity index (χ0) is 13.0. The second-order valence-electron chi connectivity index (χ2n) is 4.54. The highest BCUT2D eigenvalue weighted by Gasteiger charge is 2.25. The lowest BCUT2D eigenvalue weighted by atomic mass is 9.98. The average Bonchev–Trinajstić information content (AvgIpc) is 2.39. The molecule has 94 valence electrons. The van der Waals surface area contributed by atoms with Gasteiger partial charge in [-0.15, -0.1) is 0 Å². The van der Waals surface area contributed by atoms with Gasteiger partial charge in [-0.25, -0.2) is 4.98 Å². The van der Waals surface area contributed by atoms with Crippen LogP contribution in [0, 0.1) is 17.2 Å². The lowest BCUT2D eigenvalue weighted by Gasteiger charge is -2.30. The highest BCUT2D eigenvalue weighted by molar-refractivity contribution is 5.70. The minimum Gasteiger partial charge on any atom is -0.481 e. The minimum atomic E-state index is -0.730. The summed E-state index contributed by atoms with van der Waals surface area (Å²) in [6.45, 7) is 2.03. The molecule has 5 nitrogen and oxygen atoms in total. The van der Waals surface area contributed by atoms with Crippen LogP contribution in [0.4, 0.5) is 0 Å². The molecule has 0 radical (unpaired) electrons. The Kier molecular flexibility index (Phi) is 3.90. The van der Waals surface area contributed by atoms with Gasteiger partial charge >= 0.3 is 5.97 Å². The molecule has 0 bridgehead atoms. The number of carbonyl (C=O) groups is 1. The molecule has 1 fully saturated rings. The van der Waals surface area contributed by atoms with Gasteiger partial charge in [0.1, 0.15) is 11.8 Å². The van der Waals surface area contributed by atoms with E-state index in [0.717, 1.165) is 24.9 Å². The molecule has 1 aromatic heterocycles. The number of piperidine rings is 1. The molecule has 1 saturated heterocycles. The third kappa shape index (κ3) is 2.84. The number of rotatable bonds is 3. The molecule has 0 amide bonds. The zero-order valence-corrected chi connectivity index (χ0v) is 10.0. The van der Waals surface area contributed by atoms with Crippen LogP contribution in [0.3, 0.4) is 0 Å². The largest absolute Gasteiger partial charge is 0.481 e. The summed E-state index contributed by atoms with van der Waals surface area (Å²) in [4.78, 5) is 17.1. The molecule has 18 heavy (non-hydrogen) atoms. The maximum atomic E-state index is 11.0. The van der Waals surface area contributed by atoms with Crippen molar-refractivity contribution in [2.24, 2.45) is 5.92 Å². The average molecular weight is 245 g/mol. The quantitative estimate of drug-likeness (QED) is 0.867. The van der Waals surface area contributed by atoms with Gasteiger partial charge in [0.25, 0.3) is 0 Å². The summed E-state index contributed by atoms with van der Waals surface area (Å²) in [6, 6.07) is 5.74. The van der Waals surface area contributed by atoms with Gasteiger partial charge in [0.15, 0.2) is 0 Å². The van der Waals surface area contributed by atoms with Crippen molar-refractivity contribution in [1.29, 1.82) is 5.26 Å². The Morgan fingerprint density at radius 2 is 2.50 bits per heavy atom. The SMILES string of the molecule is N#Cc1ncccc1CN1CCCC(C(=O)O)C1. The number of hydrogen-bond donors (Lipinski definition) is 1. The van der Waals surface area contributed by atoms with Crippen molar-refractivity contribution in [1.82, 2.24) is 9.88 Å².